The maximum atomic E-state index is 10.9. The SMILES string of the molecule is Cc1cc2c(N)ncnn2c1CN1CCN(C(=O)O)CC1. The third-order valence-electron chi connectivity index (χ3n) is 3.93. The highest BCUT2D eigenvalue weighted by molar-refractivity contribution is 5.67. The topological polar surface area (TPSA) is 100.0 Å². The third kappa shape index (κ3) is 2.49. The molecule has 2 aromatic heterocycles. The van der Waals surface area contributed by atoms with Crippen molar-refractivity contribution >= 4 is 17.4 Å². The van der Waals surface area contributed by atoms with Gasteiger partial charge in [0.2, 0.25) is 0 Å². The van der Waals surface area contributed by atoms with Crippen LogP contribution in [0.5, 0.6) is 0 Å². The first-order chi connectivity index (χ1) is 10.1. The summed E-state index contributed by atoms with van der Waals surface area (Å²) in [6, 6.07) is 1.98. The summed E-state index contributed by atoms with van der Waals surface area (Å²) in [5, 5.41) is 13.2. The number of aromatic nitrogens is 3. The molecule has 0 atom stereocenters. The van der Waals surface area contributed by atoms with E-state index in [4.69, 9.17) is 10.8 Å². The molecule has 8 nitrogen and oxygen atoms in total. The van der Waals surface area contributed by atoms with Crippen LogP contribution in [0.15, 0.2) is 12.4 Å². The number of nitrogens with two attached hydrogens (primary N) is 1. The van der Waals surface area contributed by atoms with E-state index in [2.05, 4.69) is 15.0 Å². The minimum absolute atomic E-state index is 0.468. The highest BCUT2D eigenvalue weighted by Crippen LogP contribution is 2.20. The van der Waals surface area contributed by atoms with Crippen LogP contribution in [0.1, 0.15) is 11.3 Å². The number of hydrogen-bond acceptors (Lipinski definition) is 5. The predicted octanol–water partition coefficient (Wildman–Crippen LogP) is 0.416. The summed E-state index contributed by atoms with van der Waals surface area (Å²) in [7, 11) is 0. The predicted molar refractivity (Wildman–Crippen MR) is 77.0 cm³/mol. The maximum Gasteiger partial charge on any atom is 0.407 e. The molecule has 8 heteroatoms. The van der Waals surface area contributed by atoms with Crippen molar-refractivity contribution in [3.8, 4) is 0 Å². The van der Waals surface area contributed by atoms with Crippen LogP contribution >= 0.6 is 0 Å². The molecule has 0 aliphatic carbocycles. The Morgan fingerprint density at radius 2 is 2.10 bits per heavy atom. The fraction of sp³-hybridized carbons (Fsp3) is 0.462. The second-order valence-electron chi connectivity index (χ2n) is 5.26. The molecule has 1 aliphatic heterocycles. The number of carboxylic acid groups (broad SMARTS) is 1. The number of anilines is 1. The smallest absolute Gasteiger partial charge is 0.407 e. The molecule has 0 aromatic carbocycles. The Labute approximate surface area is 121 Å². The summed E-state index contributed by atoms with van der Waals surface area (Å²) in [4.78, 5) is 18.6. The number of piperazine rings is 1. The highest BCUT2D eigenvalue weighted by atomic mass is 16.4. The van der Waals surface area contributed by atoms with Crippen molar-refractivity contribution in [1.82, 2.24) is 24.4 Å². The van der Waals surface area contributed by atoms with Crippen molar-refractivity contribution in [3.63, 3.8) is 0 Å². The maximum absolute atomic E-state index is 10.9. The van der Waals surface area contributed by atoms with Crippen LogP contribution in [0.3, 0.4) is 0 Å². The summed E-state index contributed by atoms with van der Waals surface area (Å²) >= 11 is 0. The fourth-order valence-corrected chi connectivity index (χ4v) is 2.68. The number of aryl methyl sites for hydroxylation is 1. The first-order valence-corrected chi connectivity index (χ1v) is 6.84. The molecule has 21 heavy (non-hydrogen) atoms. The number of nitrogen functional groups attached to an aromatic ring is 1. The average molecular weight is 290 g/mol. The molecular weight excluding hydrogens is 272 g/mol. The summed E-state index contributed by atoms with van der Waals surface area (Å²) in [6.45, 7) is 5.27. The molecule has 0 bridgehead atoms. The van der Waals surface area contributed by atoms with E-state index in [1.165, 1.54) is 11.2 Å². The van der Waals surface area contributed by atoms with E-state index in [1.807, 2.05) is 17.5 Å². The number of hydrogen-bond donors (Lipinski definition) is 2. The van der Waals surface area contributed by atoms with Crippen LogP contribution in [0.2, 0.25) is 0 Å². The Hall–Kier alpha value is -2.35. The molecule has 1 fully saturated rings. The summed E-state index contributed by atoms with van der Waals surface area (Å²) in [5.74, 6) is 0.468. The van der Waals surface area contributed by atoms with Gasteiger partial charge in [-0.3, -0.25) is 4.90 Å². The molecule has 0 radical (unpaired) electrons. The Balaban J connectivity index is 1.79. The van der Waals surface area contributed by atoms with Crippen molar-refractivity contribution in [1.29, 1.82) is 0 Å². The Morgan fingerprint density at radius 3 is 2.76 bits per heavy atom. The van der Waals surface area contributed by atoms with Crippen LogP contribution in [0.4, 0.5) is 10.6 Å². The summed E-state index contributed by atoms with van der Waals surface area (Å²) in [6.07, 6.45) is 0.604. The number of amides is 1. The van der Waals surface area contributed by atoms with Crippen LogP contribution < -0.4 is 5.73 Å². The van der Waals surface area contributed by atoms with Gasteiger partial charge >= 0.3 is 6.09 Å². The van der Waals surface area contributed by atoms with E-state index < -0.39 is 6.09 Å². The molecule has 2 aromatic rings. The van der Waals surface area contributed by atoms with Gasteiger partial charge in [-0.05, 0) is 18.6 Å². The molecule has 0 unspecified atom stereocenters. The van der Waals surface area contributed by atoms with Crippen molar-refractivity contribution < 1.29 is 9.90 Å². The van der Waals surface area contributed by atoms with E-state index in [0.29, 0.717) is 18.9 Å². The van der Waals surface area contributed by atoms with Crippen LogP contribution in [-0.4, -0.2) is 61.8 Å². The van der Waals surface area contributed by atoms with Gasteiger partial charge in [-0.15, -0.1) is 0 Å². The van der Waals surface area contributed by atoms with Crippen LogP contribution in [0, 0.1) is 6.92 Å². The monoisotopic (exact) mass is 290 g/mol. The zero-order valence-corrected chi connectivity index (χ0v) is 11.9. The van der Waals surface area contributed by atoms with Gasteiger partial charge in [0.15, 0.2) is 5.82 Å². The van der Waals surface area contributed by atoms with Gasteiger partial charge in [-0.25, -0.2) is 14.3 Å². The molecular formula is C13H18N6O2. The molecule has 3 N–H and O–H groups in total. The molecule has 112 valence electrons. The van der Waals surface area contributed by atoms with Gasteiger partial charge in [-0.2, -0.15) is 5.10 Å². The number of rotatable bonds is 2. The van der Waals surface area contributed by atoms with E-state index in [9.17, 15) is 4.79 Å². The standard InChI is InChI=1S/C13H18N6O2/c1-9-6-10-12(14)15-8-16-19(10)11(9)7-17-2-4-18(5-3-17)13(20)21/h6,8H,2-5,7H2,1H3,(H,20,21)(H2,14,15,16). The molecule has 1 amide bonds. The highest BCUT2D eigenvalue weighted by Gasteiger charge is 2.22. The molecule has 3 rings (SSSR count). The quantitative estimate of drug-likeness (QED) is 0.831. The Kier molecular flexibility index (Phi) is 3.38. The second-order valence-corrected chi connectivity index (χ2v) is 5.26. The van der Waals surface area contributed by atoms with E-state index in [-0.39, 0.29) is 0 Å². The van der Waals surface area contributed by atoms with Gasteiger partial charge in [0, 0.05) is 32.7 Å². The summed E-state index contributed by atoms with van der Waals surface area (Å²) < 4.78 is 1.82. The lowest BCUT2D eigenvalue weighted by Gasteiger charge is -2.33. The Bertz CT molecular complexity index is 675. The molecule has 1 aliphatic rings. The van der Waals surface area contributed by atoms with Gasteiger partial charge in [-0.1, -0.05) is 0 Å². The van der Waals surface area contributed by atoms with Gasteiger partial charge in [0.25, 0.3) is 0 Å². The van der Waals surface area contributed by atoms with Crippen molar-refractivity contribution in [2.45, 2.75) is 13.5 Å². The molecule has 0 saturated carbocycles. The van der Waals surface area contributed by atoms with E-state index in [0.717, 1.165) is 36.4 Å². The lowest BCUT2D eigenvalue weighted by Crippen LogP contribution is -2.47. The van der Waals surface area contributed by atoms with Gasteiger partial charge in [0.1, 0.15) is 11.8 Å². The first-order valence-electron chi connectivity index (χ1n) is 6.84. The minimum atomic E-state index is -0.848. The zero-order chi connectivity index (χ0) is 15.0. The Morgan fingerprint density at radius 1 is 1.38 bits per heavy atom. The van der Waals surface area contributed by atoms with Crippen molar-refractivity contribution in [2.75, 3.05) is 31.9 Å². The van der Waals surface area contributed by atoms with E-state index in [1.54, 1.807) is 0 Å². The molecule has 0 spiro atoms. The van der Waals surface area contributed by atoms with Crippen LogP contribution in [0.25, 0.3) is 5.52 Å². The largest absolute Gasteiger partial charge is 0.465 e. The number of fused-ring (bicyclic) bond motifs is 1. The van der Waals surface area contributed by atoms with Crippen LogP contribution in [-0.2, 0) is 6.54 Å². The number of nitrogens with zero attached hydrogens (tertiary/aromatic N) is 5. The third-order valence-corrected chi connectivity index (χ3v) is 3.93. The van der Waals surface area contributed by atoms with Crippen molar-refractivity contribution in [3.05, 3.63) is 23.7 Å². The minimum Gasteiger partial charge on any atom is -0.465 e. The summed E-state index contributed by atoms with van der Waals surface area (Å²) in [5.41, 5.74) is 8.87. The lowest BCUT2D eigenvalue weighted by molar-refractivity contribution is 0.102. The zero-order valence-electron chi connectivity index (χ0n) is 11.9. The fourth-order valence-electron chi connectivity index (χ4n) is 2.68. The lowest BCUT2D eigenvalue weighted by atomic mass is 10.2. The van der Waals surface area contributed by atoms with E-state index >= 15 is 0 Å². The van der Waals surface area contributed by atoms with Crippen molar-refractivity contribution in [2.24, 2.45) is 0 Å². The molecule has 3 heterocycles. The second kappa shape index (κ2) is 5.21. The number of carbonyl (C=O) groups is 1. The average Bonchev–Trinajstić information content (AvgIpc) is 2.78. The van der Waals surface area contributed by atoms with Gasteiger partial charge in [0.05, 0.1) is 5.69 Å². The normalized spacial score (nSPS) is 16.5. The van der Waals surface area contributed by atoms with Gasteiger partial charge < -0.3 is 15.7 Å². The first kappa shape index (κ1) is 13.6. The molecule has 1 saturated heterocycles.